The van der Waals surface area contributed by atoms with Gasteiger partial charge >= 0.3 is 0 Å². The van der Waals surface area contributed by atoms with Gasteiger partial charge in [0.1, 0.15) is 0 Å². The average Bonchev–Trinajstić information content (AvgIpc) is 3.06. The first-order valence-electron chi connectivity index (χ1n) is 8.64. The van der Waals surface area contributed by atoms with Crippen LogP contribution in [-0.4, -0.2) is 5.12 Å². The Morgan fingerprint density at radius 1 is 0.962 bits per heavy atom. The second-order valence-corrected chi connectivity index (χ2v) is 8.94. The van der Waals surface area contributed by atoms with Gasteiger partial charge in [0.2, 0.25) is 5.12 Å². The summed E-state index contributed by atoms with van der Waals surface area (Å²) in [5, 5.41) is 0.181. The molecule has 0 saturated heterocycles. The van der Waals surface area contributed by atoms with Crippen LogP contribution in [-0.2, 0) is 4.79 Å². The molecule has 0 spiro atoms. The number of carbonyl (C=O) groups excluding carboxylic acids is 1. The van der Waals surface area contributed by atoms with Crippen LogP contribution in [0.15, 0.2) is 82.2 Å². The Labute approximate surface area is 176 Å². The molecule has 1 nitrogen and oxygen atoms in total. The van der Waals surface area contributed by atoms with E-state index in [0.717, 1.165) is 29.7 Å². The Bertz CT molecular complexity index is 799. The summed E-state index contributed by atoms with van der Waals surface area (Å²) in [6.07, 6.45) is 4.79. The predicted octanol–water partition coefficient (Wildman–Crippen LogP) is 7.51. The van der Waals surface area contributed by atoms with Crippen molar-refractivity contribution in [3.05, 3.63) is 93.3 Å². The lowest BCUT2D eigenvalue weighted by molar-refractivity contribution is -0.107. The van der Waals surface area contributed by atoms with Crippen LogP contribution in [0.1, 0.15) is 41.1 Å². The van der Waals surface area contributed by atoms with Gasteiger partial charge in [-0.05, 0) is 59.1 Å². The molecule has 0 amide bonds. The highest BCUT2D eigenvalue weighted by Gasteiger charge is 2.23. The molecule has 2 atom stereocenters. The topological polar surface area (TPSA) is 17.1 Å². The summed E-state index contributed by atoms with van der Waals surface area (Å²) >= 11 is 8.50. The van der Waals surface area contributed by atoms with E-state index in [0.29, 0.717) is 10.7 Å². The van der Waals surface area contributed by atoms with Crippen LogP contribution < -0.4 is 0 Å². The van der Waals surface area contributed by atoms with Crippen molar-refractivity contribution in [3.63, 3.8) is 0 Å². The molecule has 0 saturated carbocycles. The highest BCUT2D eigenvalue weighted by atomic mass is 79.9. The third-order valence-corrected chi connectivity index (χ3v) is 7.20. The molecule has 0 aliphatic carbocycles. The van der Waals surface area contributed by atoms with Crippen molar-refractivity contribution < 1.29 is 4.79 Å². The fourth-order valence-electron chi connectivity index (χ4n) is 3.18. The van der Waals surface area contributed by atoms with Gasteiger partial charge < -0.3 is 0 Å². The fourth-order valence-corrected chi connectivity index (χ4v) is 5.10. The summed E-state index contributed by atoms with van der Waals surface area (Å²) in [6, 6.07) is 21.1. The molecule has 2 aromatic carbocycles. The van der Waals surface area contributed by atoms with Crippen molar-refractivity contribution >= 4 is 48.7 Å². The van der Waals surface area contributed by atoms with Crippen LogP contribution in [0.3, 0.4) is 0 Å². The minimum atomic E-state index is 0.181. The van der Waals surface area contributed by atoms with Crippen LogP contribution in [0, 0.1) is 0 Å². The number of carbonyl (C=O) groups is 1. The molecule has 4 heteroatoms. The zero-order valence-corrected chi connectivity index (χ0v) is 18.3. The van der Waals surface area contributed by atoms with E-state index in [2.05, 4.69) is 86.5 Å². The molecule has 1 aliphatic heterocycles. The van der Waals surface area contributed by atoms with E-state index in [1.54, 1.807) is 0 Å². The van der Waals surface area contributed by atoms with E-state index in [9.17, 15) is 4.79 Å². The van der Waals surface area contributed by atoms with Crippen molar-refractivity contribution in [2.75, 3.05) is 0 Å². The van der Waals surface area contributed by atoms with Crippen molar-refractivity contribution in [2.45, 2.75) is 30.0 Å². The van der Waals surface area contributed by atoms with Crippen molar-refractivity contribution in [3.8, 4) is 0 Å². The lowest BCUT2D eigenvalue weighted by Crippen LogP contribution is -2.05. The molecule has 0 aromatic heterocycles. The summed E-state index contributed by atoms with van der Waals surface area (Å²) in [5.41, 5.74) is 3.56. The lowest BCUT2D eigenvalue weighted by atomic mass is 9.87. The standard InChI is InChI=1S/C22H20Br2OS/c23-15-20-13-19(22(25)26-20)12-11-18(16-7-3-1-4-8-16)14-21(24)17-9-5-2-6-10-17/h1-10,13,15,18,21H,11-12,14H2/b20-15-. The summed E-state index contributed by atoms with van der Waals surface area (Å²) < 4.78 is 0. The van der Waals surface area contributed by atoms with Crippen molar-refractivity contribution in [1.82, 2.24) is 0 Å². The second-order valence-electron chi connectivity index (χ2n) is 6.33. The van der Waals surface area contributed by atoms with Gasteiger partial charge in [-0.25, -0.2) is 0 Å². The van der Waals surface area contributed by atoms with Crippen LogP contribution in [0.4, 0.5) is 0 Å². The van der Waals surface area contributed by atoms with Crippen molar-refractivity contribution in [1.29, 1.82) is 0 Å². The summed E-state index contributed by atoms with van der Waals surface area (Å²) in [5.74, 6) is 0.400. The van der Waals surface area contributed by atoms with Crippen LogP contribution >= 0.6 is 43.6 Å². The number of alkyl halides is 1. The molecule has 0 fully saturated rings. The Balaban J connectivity index is 1.73. The molecule has 1 aliphatic rings. The number of hydrogen-bond donors (Lipinski definition) is 0. The van der Waals surface area contributed by atoms with Crippen LogP contribution in [0.5, 0.6) is 0 Å². The van der Waals surface area contributed by atoms with E-state index >= 15 is 0 Å². The largest absolute Gasteiger partial charge is 0.282 e. The van der Waals surface area contributed by atoms with E-state index < -0.39 is 0 Å². The minimum absolute atomic E-state index is 0.181. The van der Waals surface area contributed by atoms with E-state index in [1.165, 1.54) is 22.9 Å². The predicted molar refractivity (Wildman–Crippen MR) is 119 cm³/mol. The van der Waals surface area contributed by atoms with Gasteiger partial charge in [-0.1, -0.05) is 92.5 Å². The van der Waals surface area contributed by atoms with E-state index in [-0.39, 0.29) is 5.12 Å². The number of rotatable bonds is 7. The third-order valence-electron chi connectivity index (χ3n) is 4.58. The van der Waals surface area contributed by atoms with Gasteiger partial charge in [0.25, 0.3) is 0 Å². The van der Waals surface area contributed by atoms with Gasteiger partial charge in [-0.15, -0.1) is 0 Å². The molecule has 2 aromatic rings. The summed E-state index contributed by atoms with van der Waals surface area (Å²) in [4.78, 5) is 15.3. The SMILES string of the molecule is O=C1S/C(=C\Br)C=C1CCC(CC(Br)c1ccccc1)c1ccccc1. The Morgan fingerprint density at radius 2 is 1.58 bits per heavy atom. The molecule has 26 heavy (non-hydrogen) atoms. The minimum Gasteiger partial charge on any atom is -0.282 e. The molecule has 1 heterocycles. The quantitative estimate of drug-likeness (QED) is 0.372. The van der Waals surface area contributed by atoms with E-state index in [1.807, 2.05) is 17.1 Å². The molecule has 0 N–H and O–H groups in total. The zero-order valence-electron chi connectivity index (χ0n) is 14.3. The van der Waals surface area contributed by atoms with Crippen LogP contribution in [0.25, 0.3) is 0 Å². The molecule has 0 radical (unpaired) electrons. The molecule has 3 rings (SSSR count). The summed E-state index contributed by atoms with van der Waals surface area (Å²) in [7, 11) is 0. The normalized spacial score (nSPS) is 18.0. The average molecular weight is 492 g/mol. The highest BCUT2D eigenvalue weighted by Crippen LogP contribution is 2.39. The van der Waals surface area contributed by atoms with Gasteiger partial charge in [-0.2, -0.15) is 0 Å². The number of thioether (sulfide) groups is 1. The molecule has 134 valence electrons. The fraction of sp³-hybridized carbons (Fsp3) is 0.227. The Kier molecular flexibility index (Phi) is 7.35. The maximum Gasteiger partial charge on any atom is 0.220 e. The van der Waals surface area contributed by atoms with Gasteiger partial charge in [0.05, 0.1) is 0 Å². The third kappa shape index (κ3) is 5.21. The molecular weight excluding hydrogens is 472 g/mol. The first-order chi connectivity index (χ1) is 12.7. The summed E-state index contributed by atoms with van der Waals surface area (Å²) in [6.45, 7) is 0. The van der Waals surface area contributed by atoms with Gasteiger partial charge in [-0.3, -0.25) is 4.79 Å². The first kappa shape index (κ1) is 19.7. The first-order valence-corrected chi connectivity index (χ1v) is 11.3. The maximum atomic E-state index is 12.2. The number of halogens is 2. The second kappa shape index (κ2) is 9.72. The smallest absolute Gasteiger partial charge is 0.220 e. The van der Waals surface area contributed by atoms with Gasteiger partial charge in [0.15, 0.2) is 0 Å². The number of allylic oxidation sites excluding steroid dienone is 1. The number of hydrogen-bond acceptors (Lipinski definition) is 2. The molecular formula is C22H20Br2OS. The van der Waals surface area contributed by atoms with E-state index in [4.69, 9.17) is 0 Å². The lowest BCUT2D eigenvalue weighted by Gasteiger charge is -2.21. The Morgan fingerprint density at radius 3 is 2.15 bits per heavy atom. The maximum absolute atomic E-state index is 12.2. The monoisotopic (exact) mass is 490 g/mol. The number of benzene rings is 2. The molecule has 2 unspecified atom stereocenters. The Hall–Kier alpha value is -1.10. The van der Waals surface area contributed by atoms with Gasteiger partial charge in [0, 0.05) is 15.3 Å². The molecule has 0 bridgehead atoms. The van der Waals surface area contributed by atoms with Crippen molar-refractivity contribution in [2.24, 2.45) is 0 Å². The van der Waals surface area contributed by atoms with Crippen LogP contribution in [0.2, 0.25) is 0 Å². The zero-order chi connectivity index (χ0) is 18.4. The highest BCUT2D eigenvalue weighted by molar-refractivity contribution is 9.11.